The van der Waals surface area contributed by atoms with Gasteiger partial charge >= 0.3 is 12.1 Å². The molecule has 14 nitrogen and oxygen atoms in total. The molecule has 3 aliphatic heterocycles. The lowest BCUT2D eigenvalue weighted by atomic mass is 9.90. The number of fused-ring (bicyclic) bond motifs is 2. The van der Waals surface area contributed by atoms with Crippen molar-refractivity contribution in [3.05, 3.63) is 47.2 Å². The number of hydrogen-bond acceptors (Lipinski definition) is 11. The average molecular weight is 634 g/mol. The molecule has 6 rings (SSSR count). The molecule has 4 fully saturated rings. The number of carbonyl (C=O) groups is 4. The van der Waals surface area contributed by atoms with Crippen molar-refractivity contribution in [2.75, 3.05) is 5.75 Å². The number of aliphatic hydroxyl groups excluding tert-OH is 1. The third kappa shape index (κ3) is 3.67. The van der Waals surface area contributed by atoms with E-state index in [1.165, 1.54) is 25.6 Å². The van der Waals surface area contributed by atoms with Crippen LogP contribution in [0.2, 0.25) is 0 Å². The number of carboxylic acid groups (broad SMARTS) is 1. The maximum absolute atomic E-state index is 13.6. The van der Waals surface area contributed by atoms with Gasteiger partial charge in [0.05, 0.1) is 11.5 Å². The monoisotopic (exact) mass is 633 g/mol. The molecule has 9 atom stereocenters. The Labute approximate surface area is 256 Å². The van der Waals surface area contributed by atoms with Crippen molar-refractivity contribution >= 4 is 35.6 Å². The first-order valence-corrected chi connectivity index (χ1v) is 15.2. The highest BCUT2D eigenvalue weighted by atomic mass is 32.2. The van der Waals surface area contributed by atoms with Crippen molar-refractivity contribution in [2.45, 2.75) is 87.4 Å². The van der Waals surface area contributed by atoms with Gasteiger partial charge < -0.3 is 45.6 Å². The molecule has 5 aliphatic rings. The van der Waals surface area contributed by atoms with Crippen LogP contribution in [-0.4, -0.2) is 107 Å². The fraction of sp³-hybridized carbons (Fsp3) is 0.586. The molecule has 2 saturated carbocycles. The lowest BCUT2D eigenvalue weighted by Crippen LogP contribution is -2.71. The zero-order valence-corrected chi connectivity index (χ0v) is 25.4. The highest BCUT2D eigenvalue weighted by Gasteiger charge is 2.97. The van der Waals surface area contributed by atoms with E-state index in [0.717, 1.165) is 4.90 Å². The molecule has 238 valence electrons. The molecule has 1 aromatic rings. The van der Waals surface area contributed by atoms with Crippen molar-refractivity contribution in [1.82, 2.24) is 15.5 Å². The molecule has 0 spiro atoms. The van der Waals surface area contributed by atoms with Crippen LogP contribution in [0.1, 0.15) is 46.2 Å². The topological polar surface area (TPSA) is 215 Å². The smallest absolute Gasteiger partial charge is 0.408 e. The van der Waals surface area contributed by atoms with E-state index in [0.29, 0.717) is 16.9 Å². The second-order valence-electron chi connectivity index (χ2n) is 13.2. The van der Waals surface area contributed by atoms with Crippen LogP contribution < -0.4 is 10.6 Å². The molecule has 0 bridgehead atoms. The van der Waals surface area contributed by atoms with Gasteiger partial charge in [0, 0.05) is 11.2 Å². The number of carbonyl (C=O) groups excluding carboxylic acids is 3. The summed E-state index contributed by atoms with van der Waals surface area (Å²) in [6.45, 7) is 7.72. The van der Waals surface area contributed by atoms with Gasteiger partial charge in [-0.3, -0.25) is 14.5 Å². The number of benzene rings is 1. The Balaban J connectivity index is 1.22. The number of amides is 3. The molecule has 1 aromatic carbocycles. The third-order valence-electron chi connectivity index (χ3n) is 10.3. The summed E-state index contributed by atoms with van der Waals surface area (Å²) in [5.74, 6) is -4.47. The summed E-state index contributed by atoms with van der Waals surface area (Å²) in [7, 11) is 0. The van der Waals surface area contributed by atoms with Gasteiger partial charge in [-0.25, -0.2) is 9.59 Å². The molecule has 3 heterocycles. The van der Waals surface area contributed by atoms with Crippen molar-refractivity contribution in [2.24, 2.45) is 10.8 Å². The molecule has 0 aromatic heterocycles. The predicted molar refractivity (Wildman–Crippen MR) is 151 cm³/mol. The maximum Gasteiger partial charge on any atom is 0.408 e. The van der Waals surface area contributed by atoms with Gasteiger partial charge in [0.15, 0.2) is 11.7 Å². The van der Waals surface area contributed by atoms with Gasteiger partial charge in [-0.05, 0) is 18.1 Å². The molecular formula is C29H35N3O11S. The van der Waals surface area contributed by atoms with Crippen LogP contribution in [0.15, 0.2) is 41.6 Å². The van der Waals surface area contributed by atoms with E-state index in [2.05, 4.69) is 10.6 Å². The molecule has 2 saturated heterocycles. The van der Waals surface area contributed by atoms with E-state index in [4.69, 9.17) is 9.47 Å². The van der Waals surface area contributed by atoms with Gasteiger partial charge in [0.25, 0.3) is 5.91 Å². The molecule has 7 N–H and O–H groups in total. The van der Waals surface area contributed by atoms with Crippen LogP contribution in [0.4, 0.5) is 4.79 Å². The third-order valence-corrected chi connectivity index (χ3v) is 11.7. The van der Waals surface area contributed by atoms with E-state index in [9.17, 15) is 44.7 Å². The van der Waals surface area contributed by atoms with Crippen LogP contribution in [0.3, 0.4) is 0 Å². The Morgan fingerprint density at radius 1 is 1.11 bits per heavy atom. The number of nitrogens with zero attached hydrogens (tertiary/aromatic N) is 1. The highest BCUT2D eigenvalue weighted by Crippen LogP contribution is 2.75. The molecule has 0 radical (unpaired) electrons. The van der Waals surface area contributed by atoms with E-state index in [-0.39, 0.29) is 5.70 Å². The Hall–Kier alpha value is -3.21. The molecule has 5 unspecified atom stereocenters. The second kappa shape index (κ2) is 9.40. The summed E-state index contributed by atoms with van der Waals surface area (Å²) in [6, 6.07) is 5.63. The number of β-lactam (4-membered cyclic amide) rings is 1. The summed E-state index contributed by atoms with van der Waals surface area (Å²) in [5.41, 5.74) is -5.80. The van der Waals surface area contributed by atoms with Crippen LogP contribution >= 0.6 is 11.8 Å². The van der Waals surface area contributed by atoms with Crippen molar-refractivity contribution in [1.29, 1.82) is 0 Å². The Kier molecular flexibility index (Phi) is 6.58. The van der Waals surface area contributed by atoms with Crippen molar-refractivity contribution in [3.63, 3.8) is 0 Å². The zero-order chi connectivity index (χ0) is 32.4. The Morgan fingerprint density at radius 3 is 2.30 bits per heavy atom. The predicted octanol–water partition coefficient (Wildman–Crippen LogP) is -0.429. The van der Waals surface area contributed by atoms with Gasteiger partial charge in [-0.1, -0.05) is 58.0 Å². The normalized spacial score (nSPS) is 39.8. The average Bonchev–Trinajstić information content (AvgIpc) is 3.44. The van der Waals surface area contributed by atoms with Crippen LogP contribution in [0, 0.1) is 10.8 Å². The minimum atomic E-state index is -2.18. The van der Waals surface area contributed by atoms with E-state index < -0.39 is 87.5 Å². The highest BCUT2D eigenvalue weighted by molar-refractivity contribution is 8.00. The Morgan fingerprint density at radius 2 is 1.73 bits per heavy atom. The number of thioether (sulfide) groups is 1. The maximum atomic E-state index is 13.6. The molecule has 44 heavy (non-hydrogen) atoms. The van der Waals surface area contributed by atoms with Gasteiger partial charge in [-0.2, -0.15) is 0 Å². The molecule has 3 amide bonds. The van der Waals surface area contributed by atoms with Gasteiger partial charge in [-0.15, -0.1) is 11.8 Å². The van der Waals surface area contributed by atoms with E-state index in [1.54, 1.807) is 51.1 Å². The largest absolute Gasteiger partial charge is 0.477 e. The summed E-state index contributed by atoms with van der Waals surface area (Å²) in [4.78, 5) is 52.9. The number of aliphatic hydroxyl groups is 4. The standard InChI is InChI=1S/C29H35N3O11S/c1-12-11-44-21-15(20(34)32(21)16(12)22(35)36)30-19(33)14(13-9-7-6-8-10-13)31-24(38)42-18-17(27(39)23(37)25(27,2)3)43-29(41)26(4,5)28(18,29)40/h6-10,14-15,17-18,21,23,37,39-41H,11H2,1-5H3,(H,30,33)(H,31,38)(H,35,36)/t14?,15?,17-,18-,21?,23?,27-,28-,29?/m0/s1. The molecule has 2 aliphatic carbocycles. The number of nitrogens with one attached hydrogen (secondary N) is 2. The minimum Gasteiger partial charge on any atom is -0.477 e. The quantitative estimate of drug-likeness (QED) is 0.191. The summed E-state index contributed by atoms with van der Waals surface area (Å²) < 4.78 is 11.3. The van der Waals surface area contributed by atoms with Crippen molar-refractivity contribution < 1.29 is 54.2 Å². The zero-order valence-electron chi connectivity index (χ0n) is 24.6. The fourth-order valence-electron chi connectivity index (χ4n) is 7.03. The van der Waals surface area contributed by atoms with E-state index >= 15 is 0 Å². The summed E-state index contributed by atoms with van der Waals surface area (Å²) in [5, 5.41) is 58.4. The first-order valence-electron chi connectivity index (χ1n) is 14.1. The Bertz CT molecular complexity index is 1500. The van der Waals surface area contributed by atoms with Gasteiger partial charge in [0.2, 0.25) is 11.7 Å². The second-order valence-corrected chi connectivity index (χ2v) is 14.3. The number of aliphatic carboxylic acids is 1. The lowest BCUT2D eigenvalue weighted by Gasteiger charge is -2.49. The number of hydrogen-bond donors (Lipinski definition) is 7. The number of ether oxygens (including phenoxy) is 2. The first-order chi connectivity index (χ1) is 20.4. The van der Waals surface area contributed by atoms with E-state index in [1.807, 2.05) is 0 Å². The molecular weight excluding hydrogens is 598 g/mol. The summed E-state index contributed by atoms with van der Waals surface area (Å²) in [6.07, 6.45) is -5.66. The van der Waals surface area contributed by atoms with Crippen molar-refractivity contribution in [3.8, 4) is 0 Å². The lowest BCUT2D eigenvalue weighted by molar-refractivity contribution is -0.208. The van der Waals surface area contributed by atoms with Gasteiger partial charge in [0.1, 0.15) is 34.9 Å². The fourth-order valence-corrected chi connectivity index (χ4v) is 8.33. The number of carboxylic acids is 1. The molecule has 15 heteroatoms. The number of alkyl carbamates (subject to hydrolysis) is 1. The van der Waals surface area contributed by atoms with Crippen LogP contribution in [-0.2, 0) is 23.9 Å². The SMILES string of the molecule is CC1=C(C(=O)O)N2C(=O)C(NC(=O)C(NC(=O)O[C@H]3[C@@H]([C@]4(O)C(O)C4(C)C)OC4(O)C(C)(C)[C@@]34O)c3ccccc3)C2SC1. The minimum absolute atomic E-state index is 0.120. The summed E-state index contributed by atoms with van der Waals surface area (Å²) >= 11 is 1.30. The van der Waals surface area contributed by atoms with Crippen LogP contribution in [0.25, 0.3) is 0 Å². The number of rotatable bonds is 7. The first kappa shape index (κ1) is 30.8. The van der Waals surface area contributed by atoms with Crippen LogP contribution in [0.5, 0.6) is 0 Å².